The number of anilines is 1. The minimum absolute atomic E-state index is 0.413. The van der Waals surface area contributed by atoms with Crippen molar-refractivity contribution in [3.05, 3.63) is 87.8 Å². The van der Waals surface area contributed by atoms with E-state index in [0.717, 1.165) is 23.1 Å². The molecule has 3 aromatic carbocycles. The molecule has 2 aliphatic rings. The first-order valence-electron chi connectivity index (χ1n) is 10.2. The van der Waals surface area contributed by atoms with Crippen LogP contribution >= 0.6 is 0 Å². The molecule has 0 saturated heterocycles. The second-order valence-corrected chi connectivity index (χ2v) is 8.25. The van der Waals surface area contributed by atoms with Gasteiger partial charge in [0.05, 0.1) is 11.1 Å². The Bertz CT molecular complexity index is 1370. The highest BCUT2D eigenvalue weighted by molar-refractivity contribution is 6.21. The van der Waals surface area contributed by atoms with Gasteiger partial charge in [0.1, 0.15) is 11.5 Å². The van der Waals surface area contributed by atoms with Crippen LogP contribution in [-0.2, 0) is 16.0 Å². The topological polar surface area (TPSA) is 78.6 Å². The van der Waals surface area contributed by atoms with E-state index in [0.29, 0.717) is 44.7 Å². The first kappa shape index (κ1) is 19.1. The van der Waals surface area contributed by atoms with Gasteiger partial charge in [0.2, 0.25) is 0 Å². The standard InChI is InChI=1S/C26H21NO4/c1-14(2)10-17-11-16(8-9-20(17)27)24-19-13-21-18(12-22(19)31-26(24)29)23(25(28)30-21)15-6-4-3-5-7-15/h3-9,11-14H,10,27H2,1-2H3. The van der Waals surface area contributed by atoms with E-state index in [-0.39, 0.29) is 0 Å². The van der Waals surface area contributed by atoms with Crippen LogP contribution in [0.4, 0.5) is 5.69 Å². The molecule has 0 saturated carbocycles. The number of hydrogen-bond acceptors (Lipinski definition) is 5. The quantitative estimate of drug-likeness (QED) is 0.406. The van der Waals surface area contributed by atoms with Crippen molar-refractivity contribution in [2.24, 2.45) is 5.92 Å². The molecule has 0 fully saturated rings. The summed E-state index contributed by atoms with van der Waals surface area (Å²) < 4.78 is 11.1. The van der Waals surface area contributed by atoms with Crippen LogP contribution in [0.15, 0.2) is 60.7 Å². The molecule has 5 nitrogen and oxygen atoms in total. The van der Waals surface area contributed by atoms with Crippen molar-refractivity contribution in [2.45, 2.75) is 20.3 Å². The second kappa shape index (κ2) is 7.13. The third kappa shape index (κ3) is 3.19. The van der Waals surface area contributed by atoms with Gasteiger partial charge in [0.25, 0.3) is 0 Å². The highest BCUT2D eigenvalue weighted by Crippen LogP contribution is 2.28. The molecule has 0 bridgehead atoms. The van der Waals surface area contributed by atoms with E-state index in [1.807, 2.05) is 48.5 Å². The van der Waals surface area contributed by atoms with Crippen LogP contribution in [0, 0.1) is 5.92 Å². The fourth-order valence-corrected chi connectivity index (χ4v) is 4.17. The molecule has 0 unspecified atom stereocenters. The Morgan fingerprint density at radius 1 is 0.774 bits per heavy atom. The van der Waals surface area contributed by atoms with Crippen LogP contribution in [0.25, 0.3) is 11.1 Å². The van der Waals surface area contributed by atoms with Gasteiger partial charge >= 0.3 is 11.9 Å². The number of ether oxygens (including phenoxy) is 2. The summed E-state index contributed by atoms with van der Waals surface area (Å²) in [6, 6.07) is 18.3. The fraction of sp³-hybridized carbons (Fsp3) is 0.154. The van der Waals surface area contributed by atoms with Gasteiger partial charge in [-0.05, 0) is 53.3 Å². The molecule has 3 aromatic rings. The SMILES string of the molecule is CC(C)Cc1cc(C2=c3cc4c(cc3OC2=O)=C(c2ccccc2)C(=O)O4)ccc1N. The average molecular weight is 411 g/mol. The van der Waals surface area contributed by atoms with Crippen molar-refractivity contribution in [3.63, 3.8) is 0 Å². The fourth-order valence-electron chi connectivity index (χ4n) is 4.17. The Balaban J connectivity index is 1.72. The molecule has 0 spiro atoms. The first-order valence-corrected chi connectivity index (χ1v) is 10.2. The molecule has 31 heavy (non-hydrogen) atoms. The maximum atomic E-state index is 12.8. The Morgan fingerprint density at radius 3 is 1.94 bits per heavy atom. The van der Waals surface area contributed by atoms with Gasteiger partial charge in [0, 0.05) is 16.1 Å². The summed E-state index contributed by atoms with van der Waals surface area (Å²) in [5.41, 5.74) is 10.3. The number of fused-ring (bicyclic) bond motifs is 2. The number of rotatable bonds is 4. The normalized spacial score (nSPS) is 14.5. The molecule has 0 amide bonds. The minimum Gasteiger partial charge on any atom is -0.422 e. The first-order chi connectivity index (χ1) is 14.9. The summed E-state index contributed by atoms with van der Waals surface area (Å²) >= 11 is 0. The third-order valence-electron chi connectivity index (χ3n) is 5.56. The monoisotopic (exact) mass is 411 g/mol. The van der Waals surface area contributed by atoms with E-state index >= 15 is 0 Å². The van der Waals surface area contributed by atoms with Crippen LogP contribution in [0.3, 0.4) is 0 Å². The molecule has 0 aliphatic carbocycles. The van der Waals surface area contributed by atoms with Crippen molar-refractivity contribution >= 4 is 28.8 Å². The lowest BCUT2D eigenvalue weighted by atomic mass is 9.95. The number of benzene rings is 3. The van der Waals surface area contributed by atoms with Crippen molar-refractivity contribution in [1.29, 1.82) is 0 Å². The van der Waals surface area contributed by atoms with E-state index in [4.69, 9.17) is 15.2 Å². The minimum atomic E-state index is -0.425. The Kier molecular flexibility index (Phi) is 4.40. The van der Waals surface area contributed by atoms with E-state index in [1.165, 1.54) is 0 Å². The van der Waals surface area contributed by atoms with Gasteiger partial charge in [-0.25, -0.2) is 9.59 Å². The Labute approximate surface area is 179 Å². The van der Waals surface area contributed by atoms with E-state index in [9.17, 15) is 9.59 Å². The van der Waals surface area contributed by atoms with Gasteiger partial charge < -0.3 is 15.2 Å². The lowest BCUT2D eigenvalue weighted by Crippen LogP contribution is -2.11. The summed E-state index contributed by atoms with van der Waals surface area (Å²) in [4.78, 5) is 25.4. The molecule has 154 valence electrons. The Hall–Kier alpha value is -3.86. The zero-order chi connectivity index (χ0) is 21.7. The lowest BCUT2D eigenvalue weighted by Gasteiger charge is -2.10. The zero-order valence-corrected chi connectivity index (χ0v) is 17.3. The van der Waals surface area contributed by atoms with Crippen molar-refractivity contribution in [2.75, 3.05) is 5.73 Å². The molecule has 0 atom stereocenters. The van der Waals surface area contributed by atoms with Crippen molar-refractivity contribution in [1.82, 2.24) is 0 Å². The van der Waals surface area contributed by atoms with E-state index in [2.05, 4.69) is 13.8 Å². The van der Waals surface area contributed by atoms with Crippen molar-refractivity contribution in [3.8, 4) is 11.5 Å². The van der Waals surface area contributed by atoms with Crippen LogP contribution < -0.4 is 25.6 Å². The largest absolute Gasteiger partial charge is 0.422 e. The predicted molar refractivity (Wildman–Crippen MR) is 118 cm³/mol. The second-order valence-electron chi connectivity index (χ2n) is 8.25. The summed E-state index contributed by atoms with van der Waals surface area (Å²) in [5.74, 6) is 0.444. The maximum absolute atomic E-state index is 12.8. The summed E-state index contributed by atoms with van der Waals surface area (Å²) in [7, 11) is 0. The highest BCUT2D eigenvalue weighted by Gasteiger charge is 2.30. The number of nitrogens with two attached hydrogens (primary N) is 1. The predicted octanol–water partition coefficient (Wildman–Crippen LogP) is 2.70. The van der Waals surface area contributed by atoms with Gasteiger partial charge in [0.15, 0.2) is 0 Å². The Morgan fingerprint density at radius 2 is 1.35 bits per heavy atom. The van der Waals surface area contributed by atoms with Crippen LogP contribution in [-0.4, -0.2) is 11.9 Å². The number of esters is 2. The van der Waals surface area contributed by atoms with Crippen LogP contribution in [0.5, 0.6) is 11.5 Å². The van der Waals surface area contributed by atoms with Gasteiger partial charge in [-0.3, -0.25) is 0 Å². The van der Waals surface area contributed by atoms with E-state index in [1.54, 1.807) is 12.1 Å². The molecule has 2 heterocycles. The van der Waals surface area contributed by atoms with Crippen molar-refractivity contribution < 1.29 is 19.1 Å². The molecular weight excluding hydrogens is 390 g/mol. The molecule has 2 aliphatic heterocycles. The van der Waals surface area contributed by atoms with Gasteiger partial charge in [-0.2, -0.15) is 0 Å². The third-order valence-corrected chi connectivity index (χ3v) is 5.56. The molecule has 0 radical (unpaired) electrons. The summed E-state index contributed by atoms with van der Waals surface area (Å²) in [5, 5.41) is 1.24. The zero-order valence-electron chi connectivity index (χ0n) is 17.3. The molecule has 5 rings (SSSR count). The lowest BCUT2D eigenvalue weighted by molar-refractivity contribution is -0.128. The number of carbonyl (C=O) groups is 2. The summed E-state index contributed by atoms with van der Waals surface area (Å²) in [6.45, 7) is 4.24. The molecule has 2 N–H and O–H groups in total. The number of nitrogen functional groups attached to an aromatic ring is 1. The molecular formula is C26H21NO4. The summed E-state index contributed by atoms with van der Waals surface area (Å²) in [6.07, 6.45) is 0.812. The number of carbonyl (C=O) groups excluding carboxylic acids is 2. The number of hydrogen-bond donors (Lipinski definition) is 1. The highest BCUT2D eigenvalue weighted by atomic mass is 16.5. The van der Waals surface area contributed by atoms with Gasteiger partial charge in [-0.1, -0.05) is 50.2 Å². The maximum Gasteiger partial charge on any atom is 0.344 e. The molecule has 0 aromatic heterocycles. The van der Waals surface area contributed by atoms with Crippen LogP contribution in [0.2, 0.25) is 0 Å². The van der Waals surface area contributed by atoms with Gasteiger partial charge in [-0.15, -0.1) is 0 Å². The smallest absolute Gasteiger partial charge is 0.344 e. The van der Waals surface area contributed by atoms with Crippen LogP contribution in [0.1, 0.15) is 30.5 Å². The van der Waals surface area contributed by atoms with E-state index < -0.39 is 11.9 Å². The average Bonchev–Trinajstić information content (AvgIpc) is 3.22. The molecule has 5 heteroatoms.